The van der Waals surface area contributed by atoms with Crippen LogP contribution in [0.2, 0.25) is 0 Å². The van der Waals surface area contributed by atoms with Gasteiger partial charge in [-0.2, -0.15) is 0 Å². The first-order chi connectivity index (χ1) is 15.0. The third kappa shape index (κ3) is 6.82. The highest BCUT2D eigenvalue weighted by Gasteiger charge is 2.19. The van der Waals surface area contributed by atoms with E-state index in [-0.39, 0.29) is 25.0 Å². The van der Waals surface area contributed by atoms with Gasteiger partial charge in [0.15, 0.2) is 0 Å². The number of morpholine rings is 1. The number of nitrogens with zero attached hydrogens (tertiary/aromatic N) is 1. The summed E-state index contributed by atoms with van der Waals surface area (Å²) in [6.07, 6.45) is -0.655. The number of carbonyl (C=O) groups excluding carboxylic acids is 3. The van der Waals surface area contributed by atoms with Gasteiger partial charge in [-0.1, -0.05) is 42.5 Å². The number of amides is 3. The first kappa shape index (κ1) is 22.3. The van der Waals surface area contributed by atoms with Gasteiger partial charge in [0.25, 0.3) is 5.91 Å². The second kappa shape index (κ2) is 11.1. The maximum Gasteiger partial charge on any atom is 0.408 e. The lowest BCUT2D eigenvalue weighted by molar-refractivity contribution is -0.122. The Morgan fingerprint density at radius 3 is 2.35 bits per heavy atom. The SMILES string of the molecule is C[C@@H](NC(=O)OCc1ccccc1)C(=O)NCc1ccc(C(=O)N2CCOCC2)cc1. The van der Waals surface area contributed by atoms with Crippen molar-refractivity contribution >= 4 is 17.9 Å². The fraction of sp³-hybridized carbons (Fsp3) is 0.348. The number of carbonyl (C=O) groups is 3. The quantitative estimate of drug-likeness (QED) is 0.708. The zero-order chi connectivity index (χ0) is 22.1. The molecule has 2 N–H and O–H groups in total. The molecule has 8 heteroatoms. The predicted octanol–water partition coefficient (Wildman–Crippen LogP) is 2.09. The van der Waals surface area contributed by atoms with Gasteiger partial charge in [-0.3, -0.25) is 9.59 Å². The van der Waals surface area contributed by atoms with Gasteiger partial charge in [-0.15, -0.1) is 0 Å². The molecule has 0 saturated carbocycles. The third-order valence-electron chi connectivity index (χ3n) is 4.91. The molecule has 0 spiro atoms. The van der Waals surface area contributed by atoms with Crippen molar-refractivity contribution in [2.45, 2.75) is 26.1 Å². The van der Waals surface area contributed by atoms with E-state index in [9.17, 15) is 14.4 Å². The van der Waals surface area contributed by atoms with E-state index in [1.165, 1.54) is 0 Å². The molecule has 3 rings (SSSR count). The Morgan fingerprint density at radius 1 is 1.00 bits per heavy atom. The van der Waals surface area contributed by atoms with Crippen LogP contribution in [-0.2, 0) is 27.4 Å². The van der Waals surface area contributed by atoms with E-state index < -0.39 is 12.1 Å². The number of hydrogen-bond donors (Lipinski definition) is 2. The zero-order valence-corrected chi connectivity index (χ0v) is 17.5. The van der Waals surface area contributed by atoms with Crippen molar-refractivity contribution < 1.29 is 23.9 Å². The standard InChI is InChI=1S/C23H27N3O5/c1-17(25-23(29)31-16-19-5-3-2-4-6-19)21(27)24-15-18-7-9-20(10-8-18)22(28)26-11-13-30-14-12-26/h2-10,17H,11-16H2,1H3,(H,24,27)(H,25,29)/t17-/m1/s1. The third-order valence-corrected chi connectivity index (χ3v) is 4.91. The molecule has 2 aromatic rings. The average molecular weight is 425 g/mol. The summed E-state index contributed by atoms with van der Waals surface area (Å²) in [5.74, 6) is -0.351. The molecule has 0 bridgehead atoms. The van der Waals surface area contributed by atoms with E-state index in [1.54, 1.807) is 36.1 Å². The van der Waals surface area contributed by atoms with E-state index in [4.69, 9.17) is 9.47 Å². The lowest BCUT2D eigenvalue weighted by Gasteiger charge is -2.26. The number of hydrogen-bond acceptors (Lipinski definition) is 5. The number of rotatable bonds is 7. The fourth-order valence-electron chi connectivity index (χ4n) is 3.06. The van der Waals surface area contributed by atoms with Crippen LogP contribution in [0.3, 0.4) is 0 Å². The minimum absolute atomic E-state index is 0.0225. The lowest BCUT2D eigenvalue weighted by atomic mass is 10.1. The van der Waals surface area contributed by atoms with Crippen LogP contribution in [0, 0.1) is 0 Å². The summed E-state index contributed by atoms with van der Waals surface area (Å²) >= 11 is 0. The summed E-state index contributed by atoms with van der Waals surface area (Å²) in [5, 5.41) is 5.28. The van der Waals surface area contributed by atoms with Gasteiger partial charge in [0, 0.05) is 25.2 Å². The van der Waals surface area contributed by atoms with Crippen LogP contribution in [0.4, 0.5) is 4.79 Å². The van der Waals surface area contributed by atoms with Gasteiger partial charge in [0.05, 0.1) is 13.2 Å². The molecule has 8 nitrogen and oxygen atoms in total. The highest BCUT2D eigenvalue weighted by Crippen LogP contribution is 2.10. The summed E-state index contributed by atoms with van der Waals surface area (Å²) in [6.45, 7) is 4.31. The second-order valence-electron chi connectivity index (χ2n) is 7.25. The maximum absolute atomic E-state index is 12.5. The molecular weight excluding hydrogens is 398 g/mol. The topological polar surface area (TPSA) is 97.0 Å². The number of alkyl carbamates (subject to hydrolysis) is 1. The molecule has 2 aromatic carbocycles. The Hall–Kier alpha value is -3.39. The molecule has 1 aliphatic heterocycles. The maximum atomic E-state index is 12.5. The van der Waals surface area contributed by atoms with Crippen LogP contribution in [-0.4, -0.2) is 55.2 Å². The molecule has 1 heterocycles. The number of ether oxygens (including phenoxy) is 2. The van der Waals surface area contributed by atoms with E-state index in [0.717, 1.165) is 11.1 Å². The van der Waals surface area contributed by atoms with Gasteiger partial charge >= 0.3 is 6.09 Å². The van der Waals surface area contributed by atoms with E-state index >= 15 is 0 Å². The van der Waals surface area contributed by atoms with Gasteiger partial charge in [0.2, 0.25) is 5.91 Å². The minimum atomic E-state index is -0.745. The molecule has 164 valence electrons. The lowest BCUT2D eigenvalue weighted by Crippen LogP contribution is -2.44. The van der Waals surface area contributed by atoms with Crippen molar-refractivity contribution in [3.05, 3.63) is 71.3 Å². The Labute approximate surface area is 181 Å². The highest BCUT2D eigenvalue weighted by molar-refractivity contribution is 5.94. The fourth-order valence-corrected chi connectivity index (χ4v) is 3.06. The minimum Gasteiger partial charge on any atom is -0.445 e. The normalized spacial score (nSPS) is 14.4. The molecule has 0 unspecified atom stereocenters. The molecule has 0 aromatic heterocycles. The van der Waals surface area contributed by atoms with Crippen molar-refractivity contribution in [1.29, 1.82) is 0 Å². The summed E-state index contributed by atoms with van der Waals surface area (Å²) in [4.78, 5) is 38.4. The Bertz CT molecular complexity index is 880. The van der Waals surface area contributed by atoms with Gasteiger partial charge in [0.1, 0.15) is 12.6 Å². The van der Waals surface area contributed by atoms with Gasteiger partial charge < -0.3 is 25.0 Å². The number of benzene rings is 2. The largest absolute Gasteiger partial charge is 0.445 e. The van der Waals surface area contributed by atoms with Crippen LogP contribution in [0.15, 0.2) is 54.6 Å². The number of nitrogens with one attached hydrogen (secondary N) is 2. The van der Waals surface area contributed by atoms with Crippen LogP contribution >= 0.6 is 0 Å². The smallest absolute Gasteiger partial charge is 0.408 e. The molecule has 0 aliphatic carbocycles. The van der Waals surface area contributed by atoms with Crippen LogP contribution in [0.5, 0.6) is 0 Å². The highest BCUT2D eigenvalue weighted by atomic mass is 16.5. The second-order valence-corrected chi connectivity index (χ2v) is 7.25. The molecular formula is C23H27N3O5. The van der Waals surface area contributed by atoms with E-state index in [1.807, 2.05) is 30.3 Å². The van der Waals surface area contributed by atoms with Gasteiger partial charge in [-0.05, 0) is 30.2 Å². The average Bonchev–Trinajstić information content (AvgIpc) is 2.82. The van der Waals surface area contributed by atoms with Crippen molar-refractivity contribution in [3.63, 3.8) is 0 Å². The van der Waals surface area contributed by atoms with E-state index in [2.05, 4.69) is 10.6 Å². The molecule has 1 aliphatic rings. The summed E-state index contributed by atoms with van der Waals surface area (Å²) in [5.41, 5.74) is 2.32. The van der Waals surface area contributed by atoms with Crippen LogP contribution < -0.4 is 10.6 Å². The molecule has 31 heavy (non-hydrogen) atoms. The Kier molecular flexibility index (Phi) is 8.00. The summed E-state index contributed by atoms with van der Waals surface area (Å²) < 4.78 is 10.4. The van der Waals surface area contributed by atoms with Crippen molar-refractivity contribution in [3.8, 4) is 0 Å². The molecule has 1 fully saturated rings. The van der Waals surface area contributed by atoms with Crippen molar-refractivity contribution in [2.24, 2.45) is 0 Å². The Morgan fingerprint density at radius 2 is 1.68 bits per heavy atom. The first-order valence-corrected chi connectivity index (χ1v) is 10.2. The van der Waals surface area contributed by atoms with Gasteiger partial charge in [-0.25, -0.2) is 4.79 Å². The monoisotopic (exact) mass is 425 g/mol. The summed E-state index contributed by atoms with van der Waals surface area (Å²) in [7, 11) is 0. The summed E-state index contributed by atoms with van der Waals surface area (Å²) in [6, 6.07) is 15.7. The Balaban J connectivity index is 1.41. The molecule has 0 radical (unpaired) electrons. The first-order valence-electron chi connectivity index (χ1n) is 10.2. The van der Waals surface area contributed by atoms with E-state index in [0.29, 0.717) is 31.9 Å². The molecule has 1 saturated heterocycles. The van der Waals surface area contributed by atoms with Crippen molar-refractivity contribution in [1.82, 2.24) is 15.5 Å². The van der Waals surface area contributed by atoms with Crippen LogP contribution in [0.1, 0.15) is 28.4 Å². The molecule has 1 atom stereocenters. The van der Waals surface area contributed by atoms with Crippen LogP contribution in [0.25, 0.3) is 0 Å². The molecule has 3 amide bonds. The predicted molar refractivity (Wildman–Crippen MR) is 114 cm³/mol. The van der Waals surface area contributed by atoms with Crippen molar-refractivity contribution in [2.75, 3.05) is 26.3 Å². The zero-order valence-electron chi connectivity index (χ0n) is 17.5.